The summed E-state index contributed by atoms with van der Waals surface area (Å²) in [6.07, 6.45) is 6.26. The minimum atomic E-state index is -0.367. The predicted octanol–water partition coefficient (Wildman–Crippen LogP) is 3.49. The highest BCUT2D eigenvalue weighted by Gasteiger charge is 2.47. The molecule has 0 spiro atoms. The first-order valence-corrected chi connectivity index (χ1v) is 7.18. The average molecular weight is 288 g/mol. The Morgan fingerprint density at radius 1 is 1.38 bits per heavy atom. The topological polar surface area (TPSA) is 44.8 Å². The Kier molecular flexibility index (Phi) is 3.19. The number of rotatable bonds is 3. The molecule has 0 radical (unpaired) electrons. The zero-order valence-corrected chi connectivity index (χ0v) is 12.9. The van der Waals surface area contributed by atoms with Crippen LogP contribution in [-0.4, -0.2) is 25.6 Å². The summed E-state index contributed by atoms with van der Waals surface area (Å²) in [6, 6.07) is 1.81. The van der Waals surface area contributed by atoms with Gasteiger partial charge in [0.2, 0.25) is 0 Å². The number of ether oxygens (including phenoxy) is 3. The summed E-state index contributed by atoms with van der Waals surface area (Å²) >= 11 is 0. The molecule has 0 aromatic heterocycles. The van der Waals surface area contributed by atoms with E-state index in [4.69, 9.17) is 14.2 Å². The number of hydrogen-bond donors (Lipinski definition) is 0. The van der Waals surface area contributed by atoms with Crippen molar-refractivity contribution in [3.05, 3.63) is 29.3 Å². The summed E-state index contributed by atoms with van der Waals surface area (Å²) in [7, 11) is 3.15. The normalized spacial score (nSPS) is 25.8. The van der Waals surface area contributed by atoms with E-state index < -0.39 is 0 Å². The van der Waals surface area contributed by atoms with E-state index in [0.29, 0.717) is 17.1 Å². The van der Waals surface area contributed by atoms with Gasteiger partial charge < -0.3 is 14.2 Å². The highest BCUT2D eigenvalue weighted by molar-refractivity contribution is 6.00. The fraction of sp³-hybridized carbons (Fsp3) is 0.471. The van der Waals surface area contributed by atoms with E-state index in [1.807, 2.05) is 6.07 Å². The Balaban J connectivity index is 2.26. The van der Waals surface area contributed by atoms with Gasteiger partial charge in [0.25, 0.3) is 0 Å². The number of allylic oxidation sites excluding steroid dienone is 1. The van der Waals surface area contributed by atoms with Crippen LogP contribution in [0.3, 0.4) is 0 Å². The number of hydrogen-bond acceptors (Lipinski definition) is 4. The molecule has 4 nitrogen and oxygen atoms in total. The van der Waals surface area contributed by atoms with E-state index in [0.717, 1.165) is 24.2 Å². The van der Waals surface area contributed by atoms with Crippen LogP contribution in [0.25, 0.3) is 0 Å². The molecule has 0 fully saturated rings. The maximum absolute atomic E-state index is 12.0. The third-order valence-corrected chi connectivity index (χ3v) is 4.46. The van der Waals surface area contributed by atoms with Crippen LogP contribution in [-0.2, 0) is 0 Å². The first-order chi connectivity index (χ1) is 10.0. The first-order valence-electron chi connectivity index (χ1n) is 7.18. The van der Waals surface area contributed by atoms with Crippen molar-refractivity contribution < 1.29 is 19.0 Å². The molecule has 1 aromatic rings. The van der Waals surface area contributed by atoms with E-state index in [9.17, 15) is 4.79 Å². The molecule has 0 saturated carbocycles. The molecule has 0 bridgehead atoms. The molecule has 4 heteroatoms. The summed E-state index contributed by atoms with van der Waals surface area (Å²) in [5.41, 5.74) is 1.13. The van der Waals surface area contributed by atoms with Crippen LogP contribution in [0, 0.1) is 0 Å². The number of carbonyl (C=O) groups is 1. The minimum absolute atomic E-state index is 0.0635. The third-order valence-electron chi connectivity index (χ3n) is 4.46. The monoisotopic (exact) mass is 288 g/mol. The predicted molar refractivity (Wildman–Crippen MR) is 79.7 cm³/mol. The third kappa shape index (κ3) is 1.93. The van der Waals surface area contributed by atoms with Crippen LogP contribution in [0.5, 0.6) is 17.2 Å². The Labute approximate surface area is 124 Å². The van der Waals surface area contributed by atoms with Crippen molar-refractivity contribution in [2.75, 3.05) is 14.2 Å². The van der Waals surface area contributed by atoms with E-state index in [1.54, 1.807) is 14.2 Å². The second kappa shape index (κ2) is 4.79. The van der Waals surface area contributed by atoms with Crippen LogP contribution in [0.4, 0.5) is 0 Å². The van der Waals surface area contributed by atoms with Crippen LogP contribution in [0.1, 0.15) is 48.5 Å². The standard InChI is InChI=1S/C17H20O4/c1-10(18)14-12(19-3)9-13-15(16(14)20-4)11-7-5-6-8-17(11,2)21-13/h6,8-9,11H,5,7H2,1-4H3/t11-,17-/m1/s1. The smallest absolute Gasteiger partial charge is 0.167 e. The van der Waals surface area contributed by atoms with Crippen molar-refractivity contribution in [3.8, 4) is 17.2 Å². The molecule has 0 amide bonds. The van der Waals surface area contributed by atoms with Gasteiger partial charge in [-0.1, -0.05) is 6.08 Å². The lowest BCUT2D eigenvalue weighted by atomic mass is 9.78. The van der Waals surface area contributed by atoms with Gasteiger partial charge in [-0.05, 0) is 32.8 Å². The van der Waals surface area contributed by atoms with Crippen molar-refractivity contribution in [2.24, 2.45) is 0 Å². The van der Waals surface area contributed by atoms with Crippen molar-refractivity contribution >= 4 is 5.78 Å². The van der Waals surface area contributed by atoms with Crippen LogP contribution in [0.2, 0.25) is 0 Å². The van der Waals surface area contributed by atoms with E-state index in [-0.39, 0.29) is 17.3 Å². The second-order valence-corrected chi connectivity index (χ2v) is 5.77. The SMILES string of the molecule is COc1cc2c(c(OC)c1C(C)=O)[C@H]1CCC=C[C@@]1(C)O2. The zero-order valence-electron chi connectivity index (χ0n) is 12.9. The molecular weight excluding hydrogens is 268 g/mol. The Bertz CT molecular complexity index is 632. The highest BCUT2D eigenvalue weighted by atomic mass is 16.5. The van der Waals surface area contributed by atoms with Crippen molar-refractivity contribution in [2.45, 2.75) is 38.2 Å². The van der Waals surface area contributed by atoms with Gasteiger partial charge in [-0.2, -0.15) is 0 Å². The van der Waals surface area contributed by atoms with Crippen molar-refractivity contribution in [3.63, 3.8) is 0 Å². The van der Waals surface area contributed by atoms with Crippen LogP contribution < -0.4 is 14.2 Å². The molecule has 0 saturated heterocycles. The highest BCUT2D eigenvalue weighted by Crippen LogP contribution is 2.55. The molecular formula is C17H20O4. The molecule has 1 aromatic carbocycles. The molecule has 0 unspecified atom stereocenters. The molecule has 0 N–H and O–H groups in total. The maximum Gasteiger partial charge on any atom is 0.167 e. The second-order valence-electron chi connectivity index (χ2n) is 5.77. The molecule has 112 valence electrons. The Hall–Kier alpha value is -1.97. The van der Waals surface area contributed by atoms with Gasteiger partial charge in [-0.15, -0.1) is 0 Å². The van der Waals surface area contributed by atoms with Gasteiger partial charge >= 0.3 is 0 Å². The molecule has 3 rings (SSSR count). The van der Waals surface area contributed by atoms with Crippen molar-refractivity contribution in [1.29, 1.82) is 0 Å². The number of carbonyl (C=O) groups excluding carboxylic acids is 1. The van der Waals surface area contributed by atoms with Gasteiger partial charge in [0.05, 0.1) is 14.2 Å². The van der Waals surface area contributed by atoms with E-state index in [1.165, 1.54) is 6.92 Å². The van der Waals surface area contributed by atoms with Crippen LogP contribution >= 0.6 is 0 Å². The zero-order chi connectivity index (χ0) is 15.2. The lowest BCUT2D eigenvalue weighted by Crippen LogP contribution is -2.33. The molecule has 1 aliphatic heterocycles. The van der Waals surface area contributed by atoms with Gasteiger partial charge in [0.15, 0.2) is 5.78 Å². The van der Waals surface area contributed by atoms with Crippen LogP contribution in [0.15, 0.2) is 18.2 Å². The largest absolute Gasteiger partial charge is 0.496 e. The lowest BCUT2D eigenvalue weighted by molar-refractivity contribution is 0.101. The first kappa shape index (κ1) is 14.0. The van der Waals surface area contributed by atoms with E-state index in [2.05, 4.69) is 19.1 Å². The fourth-order valence-electron chi connectivity index (χ4n) is 3.50. The van der Waals surface area contributed by atoms with Gasteiger partial charge in [-0.25, -0.2) is 0 Å². The minimum Gasteiger partial charge on any atom is -0.496 e. The number of methoxy groups -OCH3 is 2. The van der Waals surface area contributed by atoms with Crippen molar-refractivity contribution in [1.82, 2.24) is 0 Å². The molecule has 1 heterocycles. The molecule has 21 heavy (non-hydrogen) atoms. The number of fused-ring (bicyclic) bond motifs is 3. The number of Topliss-reactive ketones (excluding diaryl/α,β-unsaturated/α-hetero) is 1. The fourth-order valence-corrected chi connectivity index (χ4v) is 3.50. The Morgan fingerprint density at radius 3 is 2.76 bits per heavy atom. The number of benzene rings is 1. The summed E-state index contributed by atoms with van der Waals surface area (Å²) < 4.78 is 17.1. The lowest BCUT2D eigenvalue weighted by Gasteiger charge is -2.30. The van der Waals surface area contributed by atoms with Gasteiger partial charge in [0, 0.05) is 17.5 Å². The molecule has 1 aliphatic carbocycles. The quantitative estimate of drug-likeness (QED) is 0.631. The molecule has 2 atom stereocenters. The maximum atomic E-state index is 12.0. The number of ketones is 1. The summed E-state index contributed by atoms with van der Waals surface area (Å²) in [5.74, 6) is 2.00. The average Bonchev–Trinajstić information content (AvgIpc) is 2.76. The summed E-state index contributed by atoms with van der Waals surface area (Å²) in [5, 5.41) is 0. The van der Waals surface area contributed by atoms with Gasteiger partial charge in [-0.3, -0.25) is 4.79 Å². The summed E-state index contributed by atoms with van der Waals surface area (Å²) in [4.78, 5) is 12.0. The van der Waals surface area contributed by atoms with Gasteiger partial charge in [0.1, 0.15) is 28.4 Å². The summed E-state index contributed by atoms with van der Waals surface area (Å²) in [6.45, 7) is 3.61. The Morgan fingerprint density at radius 2 is 2.14 bits per heavy atom. The molecule has 2 aliphatic rings. The van der Waals surface area contributed by atoms with E-state index >= 15 is 0 Å².